The van der Waals surface area contributed by atoms with E-state index < -0.39 is 6.10 Å². The minimum atomic E-state index is -0.711. The number of rotatable bonds is 6. The zero-order valence-electron chi connectivity index (χ0n) is 11.4. The number of aryl methyl sites for hydroxylation is 1. The van der Waals surface area contributed by atoms with Crippen LogP contribution in [0.5, 0.6) is 5.75 Å². The van der Waals surface area contributed by atoms with E-state index in [2.05, 4.69) is 11.9 Å². The van der Waals surface area contributed by atoms with Crippen molar-refractivity contribution in [2.75, 3.05) is 6.61 Å². The number of nitrogens with zero attached hydrogens (tertiary/aromatic N) is 2. The average molecular weight is 260 g/mol. The first-order valence-electron chi connectivity index (χ1n) is 6.67. The molecule has 0 aliphatic rings. The highest BCUT2D eigenvalue weighted by atomic mass is 16.5. The summed E-state index contributed by atoms with van der Waals surface area (Å²) < 4.78 is 7.55. The predicted octanol–water partition coefficient (Wildman–Crippen LogP) is 2.77. The van der Waals surface area contributed by atoms with Crippen molar-refractivity contribution in [1.82, 2.24) is 9.55 Å². The van der Waals surface area contributed by atoms with E-state index in [-0.39, 0.29) is 0 Å². The standard InChI is InChI=1S/C15H20N2O2/c1-3-9-17-11-16-10-13(17)15(18)12-7-5-6-8-14(12)19-4-2/h5-8,10-11,15,18H,3-4,9H2,1-2H3. The maximum absolute atomic E-state index is 10.6. The van der Waals surface area contributed by atoms with E-state index in [4.69, 9.17) is 4.74 Å². The van der Waals surface area contributed by atoms with Gasteiger partial charge in [0.2, 0.25) is 0 Å². The summed E-state index contributed by atoms with van der Waals surface area (Å²) >= 11 is 0. The number of aliphatic hydroxyl groups is 1. The smallest absolute Gasteiger partial charge is 0.125 e. The molecule has 1 N–H and O–H groups in total. The fraction of sp³-hybridized carbons (Fsp3) is 0.400. The molecule has 2 rings (SSSR count). The molecule has 1 aromatic heterocycles. The lowest BCUT2D eigenvalue weighted by molar-refractivity contribution is 0.202. The lowest BCUT2D eigenvalue weighted by Crippen LogP contribution is -2.09. The first-order valence-corrected chi connectivity index (χ1v) is 6.67. The first kappa shape index (κ1) is 13.6. The molecule has 1 aromatic carbocycles. The first-order chi connectivity index (χ1) is 9.27. The van der Waals surface area contributed by atoms with E-state index in [1.807, 2.05) is 35.8 Å². The van der Waals surface area contributed by atoms with Crippen LogP contribution >= 0.6 is 0 Å². The quantitative estimate of drug-likeness (QED) is 0.868. The van der Waals surface area contributed by atoms with E-state index in [1.165, 1.54) is 0 Å². The van der Waals surface area contributed by atoms with Crippen LogP contribution in [0, 0.1) is 0 Å². The van der Waals surface area contributed by atoms with E-state index in [0.717, 1.165) is 30.0 Å². The number of para-hydroxylation sites is 1. The highest BCUT2D eigenvalue weighted by Crippen LogP contribution is 2.29. The second-order valence-electron chi connectivity index (χ2n) is 4.39. The second-order valence-corrected chi connectivity index (χ2v) is 4.39. The third kappa shape index (κ3) is 2.96. The maximum atomic E-state index is 10.6. The van der Waals surface area contributed by atoms with Gasteiger partial charge in [0.05, 0.1) is 24.8 Å². The summed E-state index contributed by atoms with van der Waals surface area (Å²) in [6, 6.07) is 7.58. The summed E-state index contributed by atoms with van der Waals surface area (Å²) in [5, 5.41) is 10.6. The van der Waals surface area contributed by atoms with Gasteiger partial charge in [-0.25, -0.2) is 4.98 Å². The van der Waals surface area contributed by atoms with Crippen LogP contribution < -0.4 is 4.74 Å². The van der Waals surface area contributed by atoms with Crippen LogP contribution in [0.3, 0.4) is 0 Å². The monoisotopic (exact) mass is 260 g/mol. The number of aromatic nitrogens is 2. The van der Waals surface area contributed by atoms with Gasteiger partial charge in [0.25, 0.3) is 0 Å². The summed E-state index contributed by atoms with van der Waals surface area (Å²) in [5.41, 5.74) is 1.58. The van der Waals surface area contributed by atoms with Crippen molar-refractivity contribution in [3.05, 3.63) is 48.0 Å². The van der Waals surface area contributed by atoms with Crippen LogP contribution in [0.1, 0.15) is 37.6 Å². The molecule has 0 radical (unpaired) electrons. The largest absolute Gasteiger partial charge is 0.493 e. The number of benzene rings is 1. The molecule has 4 heteroatoms. The Morgan fingerprint density at radius 1 is 1.32 bits per heavy atom. The van der Waals surface area contributed by atoms with E-state index in [0.29, 0.717) is 6.61 Å². The molecule has 0 saturated carbocycles. The molecular weight excluding hydrogens is 240 g/mol. The van der Waals surface area contributed by atoms with Gasteiger partial charge in [0, 0.05) is 12.1 Å². The molecule has 4 nitrogen and oxygen atoms in total. The maximum Gasteiger partial charge on any atom is 0.125 e. The Kier molecular flexibility index (Phi) is 4.58. The molecule has 1 atom stereocenters. The van der Waals surface area contributed by atoms with Crippen molar-refractivity contribution in [2.45, 2.75) is 32.9 Å². The third-order valence-corrected chi connectivity index (χ3v) is 3.00. The van der Waals surface area contributed by atoms with Crippen LogP contribution in [0.15, 0.2) is 36.8 Å². The molecule has 0 bridgehead atoms. The topological polar surface area (TPSA) is 47.3 Å². The Balaban J connectivity index is 2.32. The lowest BCUT2D eigenvalue weighted by Gasteiger charge is -2.17. The van der Waals surface area contributed by atoms with Crippen LogP contribution in [-0.2, 0) is 6.54 Å². The summed E-state index contributed by atoms with van der Waals surface area (Å²) in [4.78, 5) is 4.13. The summed E-state index contributed by atoms with van der Waals surface area (Å²) in [5.74, 6) is 0.724. The van der Waals surface area contributed by atoms with Crippen molar-refractivity contribution in [2.24, 2.45) is 0 Å². The molecule has 0 aliphatic carbocycles. The Bertz CT molecular complexity index is 522. The summed E-state index contributed by atoms with van der Waals surface area (Å²) in [6.07, 6.45) is 3.76. The molecule has 1 heterocycles. The summed E-state index contributed by atoms with van der Waals surface area (Å²) in [6.45, 7) is 5.47. The predicted molar refractivity (Wildman–Crippen MR) is 74.2 cm³/mol. The summed E-state index contributed by atoms with van der Waals surface area (Å²) in [7, 11) is 0. The SMILES string of the molecule is CCCn1cncc1C(O)c1ccccc1OCC. The Hall–Kier alpha value is -1.81. The van der Waals surface area contributed by atoms with Crippen molar-refractivity contribution in [1.29, 1.82) is 0 Å². The van der Waals surface area contributed by atoms with Crippen molar-refractivity contribution in [3.63, 3.8) is 0 Å². The molecule has 0 amide bonds. The van der Waals surface area contributed by atoms with Crippen molar-refractivity contribution < 1.29 is 9.84 Å². The normalized spacial score (nSPS) is 12.4. The minimum Gasteiger partial charge on any atom is -0.493 e. The van der Waals surface area contributed by atoms with Gasteiger partial charge in [-0.05, 0) is 19.4 Å². The van der Waals surface area contributed by atoms with Gasteiger partial charge in [-0.15, -0.1) is 0 Å². The van der Waals surface area contributed by atoms with Crippen LogP contribution in [0.25, 0.3) is 0 Å². The Morgan fingerprint density at radius 2 is 2.11 bits per heavy atom. The fourth-order valence-electron chi connectivity index (χ4n) is 2.14. The van der Waals surface area contributed by atoms with E-state index in [1.54, 1.807) is 12.5 Å². The van der Waals surface area contributed by atoms with Crippen molar-refractivity contribution >= 4 is 0 Å². The highest BCUT2D eigenvalue weighted by molar-refractivity contribution is 5.38. The number of imidazole rings is 1. The molecule has 0 saturated heterocycles. The molecule has 0 fully saturated rings. The molecule has 19 heavy (non-hydrogen) atoms. The Morgan fingerprint density at radius 3 is 2.84 bits per heavy atom. The van der Waals surface area contributed by atoms with Gasteiger partial charge in [-0.1, -0.05) is 25.1 Å². The van der Waals surface area contributed by atoms with Gasteiger partial charge in [0.1, 0.15) is 11.9 Å². The molecule has 2 aromatic rings. The second kappa shape index (κ2) is 6.38. The lowest BCUT2D eigenvalue weighted by atomic mass is 10.1. The van der Waals surface area contributed by atoms with E-state index in [9.17, 15) is 5.11 Å². The van der Waals surface area contributed by atoms with Gasteiger partial charge in [-0.2, -0.15) is 0 Å². The number of hydrogen-bond donors (Lipinski definition) is 1. The zero-order valence-corrected chi connectivity index (χ0v) is 11.4. The van der Waals surface area contributed by atoms with Crippen LogP contribution in [-0.4, -0.2) is 21.3 Å². The van der Waals surface area contributed by atoms with Crippen LogP contribution in [0.4, 0.5) is 0 Å². The van der Waals surface area contributed by atoms with Gasteiger partial charge >= 0.3 is 0 Å². The molecular formula is C15H20N2O2. The Labute approximate surface area is 113 Å². The minimum absolute atomic E-state index is 0.581. The van der Waals surface area contributed by atoms with Gasteiger partial charge in [0.15, 0.2) is 0 Å². The average Bonchev–Trinajstić information content (AvgIpc) is 2.88. The van der Waals surface area contributed by atoms with Crippen LogP contribution in [0.2, 0.25) is 0 Å². The molecule has 102 valence electrons. The zero-order chi connectivity index (χ0) is 13.7. The van der Waals surface area contributed by atoms with Crippen molar-refractivity contribution in [3.8, 4) is 5.75 Å². The molecule has 0 aliphatic heterocycles. The van der Waals surface area contributed by atoms with Gasteiger partial charge in [-0.3, -0.25) is 0 Å². The fourth-order valence-corrected chi connectivity index (χ4v) is 2.14. The number of hydrogen-bond acceptors (Lipinski definition) is 3. The molecule has 0 spiro atoms. The highest BCUT2D eigenvalue weighted by Gasteiger charge is 2.18. The van der Waals surface area contributed by atoms with E-state index >= 15 is 0 Å². The van der Waals surface area contributed by atoms with Gasteiger partial charge < -0.3 is 14.4 Å². The number of aliphatic hydroxyl groups excluding tert-OH is 1. The third-order valence-electron chi connectivity index (χ3n) is 3.00. The number of ether oxygens (including phenoxy) is 1. The molecule has 1 unspecified atom stereocenters.